The van der Waals surface area contributed by atoms with Crippen molar-refractivity contribution in [1.29, 1.82) is 0 Å². The van der Waals surface area contributed by atoms with E-state index in [4.69, 9.17) is 0 Å². The molecule has 0 rings (SSSR count). The van der Waals surface area contributed by atoms with E-state index in [0.29, 0.717) is 0 Å². The second-order valence-corrected chi connectivity index (χ2v) is 1.01. The van der Waals surface area contributed by atoms with Crippen LogP contribution in [0.4, 0.5) is 0 Å². The van der Waals surface area contributed by atoms with Crippen LogP contribution in [0.15, 0.2) is 0 Å². The highest BCUT2D eigenvalue weighted by Crippen LogP contribution is 1.70. The van der Waals surface area contributed by atoms with Crippen molar-refractivity contribution in [1.82, 2.24) is 0 Å². The molecular weight excluding hydrogens is 112 g/mol. The van der Waals surface area contributed by atoms with Crippen LogP contribution in [0.2, 0.25) is 0 Å². The van der Waals surface area contributed by atoms with Crippen LogP contribution in [-0.4, -0.2) is 32.3 Å². The summed E-state index contributed by atoms with van der Waals surface area (Å²) in [6.45, 7) is 0.0382. The molecule has 0 aliphatic heterocycles. The van der Waals surface area contributed by atoms with E-state index in [-0.39, 0.29) is 18.1 Å². The molecule has 4 nitrogen and oxygen atoms in total. The number of ether oxygens (including phenoxy) is 2. The molecule has 8 heavy (non-hydrogen) atoms. The van der Waals surface area contributed by atoms with Gasteiger partial charge in [-0.1, -0.05) is 0 Å². The minimum absolute atomic E-state index is 0. The van der Waals surface area contributed by atoms with Gasteiger partial charge in [-0.05, 0) is 0 Å². The van der Waals surface area contributed by atoms with Crippen molar-refractivity contribution in [3.05, 3.63) is 0 Å². The van der Waals surface area contributed by atoms with Gasteiger partial charge in [-0.3, -0.25) is 0 Å². The van der Waals surface area contributed by atoms with E-state index < -0.39 is 0 Å². The van der Waals surface area contributed by atoms with E-state index in [9.17, 15) is 4.79 Å². The molecule has 4 heteroatoms. The maximum Gasteiger partial charge on any atom is 0.331 e. The largest absolute Gasteiger partial charge is 0.467 e. The topological polar surface area (TPSA) is 67.0 Å². The molecule has 0 unspecified atom stereocenters. The van der Waals surface area contributed by atoms with Gasteiger partial charge in [0.05, 0.1) is 7.11 Å². The molecule has 0 saturated carbocycles. The summed E-state index contributed by atoms with van der Waals surface area (Å²) in [5.41, 5.74) is 0. The molecule has 50 valence electrons. The zero-order valence-electron chi connectivity index (χ0n) is 4.93. The lowest BCUT2D eigenvalue weighted by atomic mass is 10.7. The van der Waals surface area contributed by atoms with Crippen molar-refractivity contribution in [3.8, 4) is 0 Å². The Morgan fingerprint density at radius 2 is 2.00 bits per heavy atom. The first-order chi connectivity index (χ1) is 3.31. The number of rotatable bonds is 2. The third-order valence-electron chi connectivity index (χ3n) is 0.490. The van der Waals surface area contributed by atoms with Crippen LogP contribution in [0.1, 0.15) is 0 Å². The number of methoxy groups -OCH3 is 2. The Labute approximate surface area is 47.7 Å². The van der Waals surface area contributed by atoms with Gasteiger partial charge < -0.3 is 14.9 Å². The number of esters is 1. The number of hydrogen-bond acceptors (Lipinski definition) is 3. The molecule has 0 aliphatic rings. The summed E-state index contributed by atoms with van der Waals surface area (Å²) < 4.78 is 8.65. The standard InChI is InChI=1S/C4H8O3.H2O/c1-6-3-4(5)7-2;/h3H2,1-2H3;1H2. The Bertz CT molecular complexity index is 61.1. The van der Waals surface area contributed by atoms with Crippen LogP contribution in [0.25, 0.3) is 0 Å². The smallest absolute Gasteiger partial charge is 0.331 e. The van der Waals surface area contributed by atoms with Gasteiger partial charge in [-0.25, -0.2) is 4.79 Å². The van der Waals surface area contributed by atoms with Crippen molar-refractivity contribution >= 4 is 5.97 Å². The molecule has 0 spiro atoms. The predicted octanol–water partition coefficient (Wildman–Crippen LogP) is -1.02. The SMILES string of the molecule is COCC(=O)OC.O. The van der Waals surface area contributed by atoms with Gasteiger partial charge in [0.25, 0.3) is 0 Å². The fourth-order valence-corrected chi connectivity index (χ4v) is 0.177. The summed E-state index contributed by atoms with van der Waals surface area (Å²) in [5, 5.41) is 0. The van der Waals surface area contributed by atoms with Gasteiger partial charge in [-0.2, -0.15) is 0 Å². The first kappa shape index (κ1) is 10.4. The molecule has 0 aliphatic carbocycles. The number of carbonyl (C=O) groups is 1. The zero-order chi connectivity index (χ0) is 5.70. The highest BCUT2D eigenvalue weighted by Gasteiger charge is 1.93. The summed E-state index contributed by atoms with van der Waals surface area (Å²) >= 11 is 0. The van der Waals surface area contributed by atoms with Crippen molar-refractivity contribution in [2.45, 2.75) is 0 Å². The molecule has 0 aromatic rings. The molecule has 0 heterocycles. The van der Waals surface area contributed by atoms with Gasteiger partial charge in [0.2, 0.25) is 0 Å². The van der Waals surface area contributed by atoms with Gasteiger partial charge >= 0.3 is 5.97 Å². The average Bonchev–Trinajstić information content (AvgIpc) is 1.68. The van der Waals surface area contributed by atoms with E-state index >= 15 is 0 Å². The maximum atomic E-state index is 10.1. The van der Waals surface area contributed by atoms with Crippen molar-refractivity contribution in [3.63, 3.8) is 0 Å². The molecule has 0 fully saturated rings. The molecule has 0 aromatic heterocycles. The van der Waals surface area contributed by atoms with E-state index in [1.807, 2.05) is 0 Å². The molecule has 0 radical (unpaired) electrons. The first-order valence-electron chi connectivity index (χ1n) is 1.87. The van der Waals surface area contributed by atoms with Crippen LogP contribution >= 0.6 is 0 Å². The van der Waals surface area contributed by atoms with Gasteiger partial charge in [-0.15, -0.1) is 0 Å². The van der Waals surface area contributed by atoms with Crippen LogP contribution in [0.3, 0.4) is 0 Å². The van der Waals surface area contributed by atoms with Gasteiger partial charge in [0.1, 0.15) is 6.61 Å². The highest BCUT2D eigenvalue weighted by atomic mass is 16.6. The van der Waals surface area contributed by atoms with Crippen LogP contribution < -0.4 is 0 Å². The Hall–Kier alpha value is -0.610. The van der Waals surface area contributed by atoms with Crippen LogP contribution in [0, 0.1) is 0 Å². The minimum Gasteiger partial charge on any atom is -0.467 e. The molecule has 0 bridgehead atoms. The Morgan fingerprint density at radius 1 is 1.50 bits per heavy atom. The number of hydrogen-bond donors (Lipinski definition) is 0. The summed E-state index contributed by atoms with van der Waals surface area (Å²) in [7, 11) is 2.76. The number of carbonyl (C=O) groups excluding carboxylic acids is 1. The summed E-state index contributed by atoms with van der Waals surface area (Å²) in [5.74, 6) is -0.345. The molecule has 0 atom stereocenters. The monoisotopic (exact) mass is 122 g/mol. The van der Waals surface area contributed by atoms with Gasteiger partial charge in [0, 0.05) is 7.11 Å². The molecule has 0 aromatic carbocycles. The predicted molar refractivity (Wildman–Crippen MR) is 27.5 cm³/mol. The first-order valence-corrected chi connectivity index (χ1v) is 1.87. The Kier molecular flexibility index (Phi) is 8.30. The van der Waals surface area contributed by atoms with Crippen LogP contribution in [0.5, 0.6) is 0 Å². The van der Waals surface area contributed by atoms with E-state index in [1.54, 1.807) is 0 Å². The lowest BCUT2D eigenvalue weighted by molar-refractivity contribution is -0.144. The van der Waals surface area contributed by atoms with Crippen molar-refractivity contribution in [2.24, 2.45) is 0 Å². The van der Waals surface area contributed by atoms with E-state index in [1.165, 1.54) is 14.2 Å². The second-order valence-electron chi connectivity index (χ2n) is 1.01. The summed E-state index contributed by atoms with van der Waals surface area (Å²) in [6, 6.07) is 0. The molecular formula is C4H10O4. The Morgan fingerprint density at radius 3 is 2.12 bits per heavy atom. The fraction of sp³-hybridized carbons (Fsp3) is 0.750. The molecule has 2 N–H and O–H groups in total. The molecule has 0 amide bonds. The van der Waals surface area contributed by atoms with Crippen molar-refractivity contribution < 1.29 is 19.7 Å². The lowest BCUT2D eigenvalue weighted by Gasteiger charge is -1.92. The summed E-state index contributed by atoms with van der Waals surface area (Å²) in [4.78, 5) is 10.1. The normalized spacial score (nSPS) is 7.25. The summed E-state index contributed by atoms with van der Waals surface area (Å²) in [6.07, 6.45) is 0. The van der Waals surface area contributed by atoms with Gasteiger partial charge in [0.15, 0.2) is 0 Å². The Balaban J connectivity index is 0. The third kappa shape index (κ3) is 5.39. The zero-order valence-corrected chi connectivity index (χ0v) is 4.93. The lowest BCUT2D eigenvalue weighted by Crippen LogP contribution is -2.07. The van der Waals surface area contributed by atoms with Crippen LogP contribution in [-0.2, 0) is 14.3 Å². The van der Waals surface area contributed by atoms with E-state index in [2.05, 4.69) is 9.47 Å². The maximum absolute atomic E-state index is 10.1. The van der Waals surface area contributed by atoms with E-state index in [0.717, 1.165) is 0 Å². The quantitative estimate of drug-likeness (QED) is 0.440. The average molecular weight is 122 g/mol. The molecule has 0 saturated heterocycles. The third-order valence-corrected chi connectivity index (χ3v) is 0.490. The highest BCUT2D eigenvalue weighted by molar-refractivity contribution is 5.70. The second kappa shape index (κ2) is 6.39. The van der Waals surface area contributed by atoms with Crippen molar-refractivity contribution in [2.75, 3.05) is 20.8 Å². The fourth-order valence-electron chi connectivity index (χ4n) is 0.177. The minimum atomic E-state index is -0.345.